The summed E-state index contributed by atoms with van der Waals surface area (Å²) in [6.45, 7) is 2.12. The second-order valence-corrected chi connectivity index (χ2v) is 9.79. The van der Waals surface area contributed by atoms with Gasteiger partial charge in [-0.3, -0.25) is 4.79 Å². The molecule has 3 nitrogen and oxygen atoms in total. The first-order chi connectivity index (χ1) is 16.5. The van der Waals surface area contributed by atoms with Crippen molar-refractivity contribution in [2.45, 2.75) is 18.2 Å². The number of thioether (sulfide) groups is 1. The molecule has 1 N–H and O–H groups in total. The molecule has 0 spiro atoms. The molecule has 0 saturated heterocycles. The minimum Gasteiger partial charge on any atom is -0.457 e. The molecule has 6 heteroatoms. The summed E-state index contributed by atoms with van der Waals surface area (Å²) in [4.78, 5) is 13.9. The van der Waals surface area contributed by atoms with Crippen LogP contribution in [0.3, 0.4) is 0 Å². The van der Waals surface area contributed by atoms with Gasteiger partial charge in [-0.2, -0.15) is 0 Å². The Morgan fingerprint density at radius 3 is 2.35 bits per heavy atom. The number of ether oxygens (including phenoxy) is 1. The number of halogens is 2. The van der Waals surface area contributed by atoms with Gasteiger partial charge in [0.2, 0.25) is 5.91 Å². The molecule has 0 bridgehead atoms. The highest BCUT2D eigenvalue weighted by Crippen LogP contribution is 2.36. The third-order valence-electron chi connectivity index (χ3n) is 5.04. The van der Waals surface area contributed by atoms with E-state index in [1.54, 1.807) is 23.9 Å². The molecule has 0 saturated carbocycles. The number of hydrogen-bond donors (Lipinski definition) is 1. The van der Waals surface area contributed by atoms with E-state index in [0.717, 1.165) is 22.4 Å². The second kappa shape index (κ2) is 11.5. The molecule has 0 aromatic heterocycles. The molecule has 0 unspecified atom stereocenters. The second-order valence-electron chi connectivity index (χ2n) is 7.58. The Bertz CT molecular complexity index is 1270. The van der Waals surface area contributed by atoms with Crippen molar-refractivity contribution in [2.75, 3.05) is 11.1 Å². The fourth-order valence-electron chi connectivity index (χ4n) is 3.47. The zero-order chi connectivity index (χ0) is 23.9. The summed E-state index contributed by atoms with van der Waals surface area (Å²) in [7, 11) is 0. The Kier molecular flexibility index (Phi) is 8.17. The van der Waals surface area contributed by atoms with Crippen LogP contribution in [0.1, 0.15) is 12.5 Å². The molecule has 34 heavy (non-hydrogen) atoms. The zero-order valence-corrected chi connectivity index (χ0v) is 20.9. The van der Waals surface area contributed by atoms with Gasteiger partial charge in [-0.05, 0) is 71.5 Å². The van der Waals surface area contributed by atoms with E-state index < -0.39 is 0 Å². The van der Waals surface area contributed by atoms with Gasteiger partial charge in [-0.15, -0.1) is 11.8 Å². The van der Waals surface area contributed by atoms with Crippen LogP contribution in [0.4, 0.5) is 5.69 Å². The third-order valence-corrected chi connectivity index (χ3v) is 6.42. The molecule has 0 radical (unpaired) electrons. The minimum atomic E-state index is -0.0937. The maximum atomic E-state index is 12.7. The number of hydrogen-bond acceptors (Lipinski definition) is 3. The summed E-state index contributed by atoms with van der Waals surface area (Å²) in [6, 6.07) is 28.4. The molecular weight excluding hydrogens is 485 g/mol. The van der Waals surface area contributed by atoms with Crippen LogP contribution in [-0.2, 0) is 11.2 Å². The lowest BCUT2D eigenvalue weighted by atomic mass is 10.0. The molecule has 0 aliphatic heterocycles. The van der Waals surface area contributed by atoms with Gasteiger partial charge in [0.1, 0.15) is 11.5 Å². The number of carbonyl (C=O) groups is 1. The van der Waals surface area contributed by atoms with E-state index in [-0.39, 0.29) is 5.91 Å². The third kappa shape index (κ3) is 6.57. The van der Waals surface area contributed by atoms with E-state index in [2.05, 4.69) is 24.4 Å². The van der Waals surface area contributed by atoms with E-state index in [9.17, 15) is 4.79 Å². The summed E-state index contributed by atoms with van der Waals surface area (Å²) < 4.78 is 6.18. The van der Waals surface area contributed by atoms with Crippen LogP contribution in [0.15, 0.2) is 95.9 Å². The monoisotopic (exact) mass is 507 g/mol. The molecule has 4 aromatic rings. The molecule has 0 atom stereocenters. The van der Waals surface area contributed by atoms with Crippen LogP contribution in [0.25, 0.3) is 11.1 Å². The SMILES string of the molecule is CCSc1ccc(CC(=O)Nc2ccc(-c3ccc(Cl)cc3)c(Oc3cccc(Cl)c3)c2)cc1. The molecule has 0 aliphatic carbocycles. The van der Waals surface area contributed by atoms with Gasteiger partial charge in [-0.25, -0.2) is 0 Å². The average Bonchev–Trinajstić information content (AvgIpc) is 2.81. The molecular formula is C28H23Cl2NO2S. The van der Waals surface area contributed by atoms with Crippen molar-refractivity contribution in [1.29, 1.82) is 0 Å². The lowest BCUT2D eigenvalue weighted by Crippen LogP contribution is -2.14. The van der Waals surface area contributed by atoms with Crippen LogP contribution in [-0.4, -0.2) is 11.7 Å². The van der Waals surface area contributed by atoms with Gasteiger partial charge in [-0.1, -0.05) is 60.5 Å². The van der Waals surface area contributed by atoms with Crippen molar-refractivity contribution in [3.63, 3.8) is 0 Å². The summed E-state index contributed by atoms with van der Waals surface area (Å²) in [5.74, 6) is 2.13. The first kappa shape index (κ1) is 24.2. The highest BCUT2D eigenvalue weighted by atomic mass is 35.5. The van der Waals surface area contributed by atoms with Gasteiger partial charge in [0.05, 0.1) is 6.42 Å². The zero-order valence-electron chi connectivity index (χ0n) is 18.6. The van der Waals surface area contributed by atoms with Crippen LogP contribution in [0.2, 0.25) is 10.0 Å². The summed E-state index contributed by atoms with van der Waals surface area (Å²) in [6.07, 6.45) is 0.292. The smallest absolute Gasteiger partial charge is 0.228 e. The predicted octanol–water partition coefficient (Wildman–Crippen LogP) is 8.75. The van der Waals surface area contributed by atoms with Gasteiger partial charge < -0.3 is 10.1 Å². The molecule has 0 fully saturated rings. The molecule has 4 rings (SSSR count). The van der Waals surface area contributed by atoms with Crippen LogP contribution in [0.5, 0.6) is 11.5 Å². The Morgan fingerprint density at radius 1 is 0.882 bits per heavy atom. The first-order valence-electron chi connectivity index (χ1n) is 10.8. The molecule has 172 valence electrons. The maximum absolute atomic E-state index is 12.7. The number of rotatable bonds is 8. The van der Waals surface area contributed by atoms with E-state index in [1.165, 1.54) is 4.90 Å². The number of nitrogens with one attached hydrogen (secondary N) is 1. The minimum absolute atomic E-state index is 0.0937. The molecule has 4 aromatic carbocycles. The highest BCUT2D eigenvalue weighted by molar-refractivity contribution is 7.99. The molecule has 0 heterocycles. The number of benzene rings is 4. The maximum Gasteiger partial charge on any atom is 0.228 e. The molecule has 0 aliphatic rings. The van der Waals surface area contributed by atoms with Gasteiger partial charge >= 0.3 is 0 Å². The first-order valence-corrected chi connectivity index (χ1v) is 12.6. The molecule has 1 amide bonds. The van der Waals surface area contributed by atoms with Crippen molar-refractivity contribution in [3.8, 4) is 22.6 Å². The fraction of sp³-hybridized carbons (Fsp3) is 0.107. The normalized spacial score (nSPS) is 10.7. The van der Waals surface area contributed by atoms with E-state index in [1.807, 2.05) is 66.7 Å². The Balaban J connectivity index is 1.56. The van der Waals surface area contributed by atoms with Crippen molar-refractivity contribution >= 4 is 46.6 Å². The van der Waals surface area contributed by atoms with Gasteiger partial charge in [0.25, 0.3) is 0 Å². The summed E-state index contributed by atoms with van der Waals surface area (Å²) >= 11 is 14.0. The van der Waals surface area contributed by atoms with E-state index in [0.29, 0.717) is 33.7 Å². The van der Waals surface area contributed by atoms with Crippen LogP contribution >= 0.6 is 35.0 Å². The summed E-state index contributed by atoms with van der Waals surface area (Å²) in [5, 5.41) is 4.22. The highest BCUT2D eigenvalue weighted by Gasteiger charge is 2.12. The number of carbonyl (C=O) groups excluding carboxylic acids is 1. The lowest BCUT2D eigenvalue weighted by Gasteiger charge is -2.14. The van der Waals surface area contributed by atoms with Crippen LogP contribution < -0.4 is 10.1 Å². The van der Waals surface area contributed by atoms with Crippen molar-refractivity contribution < 1.29 is 9.53 Å². The Labute approximate surface area is 214 Å². The van der Waals surface area contributed by atoms with Gasteiger partial charge in [0, 0.05) is 32.3 Å². The largest absolute Gasteiger partial charge is 0.457 e. The number of anilines is 1. The van der Waals surface area contributed by atoms with E-state index >= 15 is 0 Å². The van der Waals surface area contributed by atoms with Crippen molar-refractivity contribution in [3.05, 3.63) is 107 Å². The predicted molar refractivity (Wildman–Crippen MR) is 144 cm³/mol. The quantitative estimate of drug-likeness (QED) is 0.242. The van der Waals surface area contributed by atoms with Crippen molar-refractivity contribution in [1.82, 2.24) is 0 Å². The Hall–Kier alpha value is -2.92. The average molecular weight is 508 g/mol. The fourth-order valence-corrected chi connectivity index (χ4v) is 4.44. The van der Waals surface area contributed by atoms with E-state index in [4.69, 9.17) is 27.9 Å². The van der Waals surface area contributed by atoms with Crippen LogP contribution in [0, 0.1) is 0 Å². The lowest BCUT2D eigenvalue weighted by molar-refractivity contribution is -0.115. The topological polar surface area (TPSA) is 38.3 Å². The summed E-state index contributed by atoms with van der Waals surface area (Å²) in [5.41, 5.74) is 3.44. The van der Waals surface area contributed by atoms with Crippen molar-refractivity contribution in [2.24, 2.45) is 0 Å². The standard InChI is InChI=1S/C28H23Cl2NO2S/c1-2-34-25-13-6-19(7-14-25)16-28(32)31-23-12-15-26(20-8-10-21(29)11-9-20)27(18-23)33-24-5-3-4-22(30)17-24/h3-15,17-18H,2,16H2,1H3,(H,31,32). The number of amides is 1. The Morgan fingerprint density at radius 2 is 1.65 bits per heavy atom. The van der Waals surface area contributed by atoms with Gasteiger partial charge in [0.15, 0.2) is 0 Å².